The molecular formula is C26H34N2O5. The molecular weight excluding hydrogens is 420 g/mol. The van der Waals surface area contributed by atoms with Gasteiger partial charge in [-0.3, -0.25) is 9.69 Å². The fraction of sp³-hybridized carbons (Fsp3) is 0.500. The highest BCUT2D eigenvalue weighted by Crippen LogP contribution is 2.29. The van der Waals surface area contributed by atoms with E-state index in [2.05, 4.69) is 22.3 Å². The molecule has 178 valence electrons. The van der Waals surface area contributed by atoms with Crippen LogP contribution >= 0.6 is 0 Å². The van der Waals surface area contributed by atoms with E-state index in [4.69, 9.17) is 14.2 Å². The number of nitrogens with zero attached hydrogens (tertiary/aromatic N) is 1. The number of carbonyl (C=O) groups excluding carboxylic acids is 1. The molecule has 0 saturated carbocycles. The summed E-state index contributed by atoms with van der Waals surface area (Å²) in [5.41, 5.74) is 2.16. The predicted molar refractivity (Wildman–Crippen MR) is 125 cm³/mol. The van der Waals surface area contributed by atoms with E-state index in [0.717, 1.165) is 30.7 Å². The SMILES string of the molecule is COc1ccccc1CNC(=O)C[C@H]1CC[C@@H]2[C@H](COC[C@H](O)CN2Cc2ccccc2)O1. The molecule has 1 amide bonds. The zero-order valence-corrected chi connectivity index (χ0v) is 19.2. The number of rotatable bonds is 7. The second kappa shape index (κ2) is 11.6. The first kappa shape index (κ1) is 23.7. The minimum atomic E-state index is -0.520. The number of para-hydroxylation sites is 1. The maximum absolute atomic E-state index is 12.6. The van der Waals surface area contributed by atoms with Crippen LogP contribution in [-0.2, 0) is 27.4 Å². The Morgan fingerprint density at radius 3 is 2.73 bits per heavy atom. The minimum Gasteiger partial charge on any atom is -0.496 e. The van der Waals surface area contributed by atoms with Gasteiger partial charge < -0.3 is 24.6 Å². The molecule has 2 aromatic carbocycles. The van der Waals surface area contributed by atoms with Gasteiger partial charge >= 0.3 is 0 Å². The maximum Gasteiger partial charge on any atom is 0.222 e. The number of fused-ring (bicyclic) bond motifs is 1. The van der Waals surface area contributed by atoms with Crippen molar-refractivity contribution in [3.05, 3.63) is 65.7 Å². The molecule has 2 aromatic rings. The largest absolute Gasteiger partial charge is 0.496 e. The van der Waals surface area contributed by atoms with Crippen LogP contribution < -0.4 is 10.1 Å². The lowest BCUT2D eigenvalue weighted by Crippen LogP contribution is -2.55. The quantitative estimate of drug-likeness (QED) is 0.669. The molecule has 0 unspecified atom stereocenters. The summed E-state index contributed by atoms with van der Waals surface area (Å²) in [4.78, 5) is 14.9. The third-order valence-electron chi connectivity index (χ3n) is 6.40. The number of benzene rings is 2. The van der Waals surface area contributed by atoms with Gasteiger partial charge in [0, 0.05) is 31.2 Å². The highest BCUT2D eigenvalue weighted by molar-refractivity contribution is 5.76. The van der Waals surface area contributed by atoms with E-state index in [0.29, 0.717) is 32.7 Å². The normalized spacial score (nSPS) is 26.0. The number of hydrogen-bond acceptors (Lipinski definition) is 6. The summed E-state index contributed by atoms with van der Waals surface area (Å²) in [6.45, 7) is 2.44. The van der Waals surface area contributed by atoms with Gasteiger partial charge in [-0.15, -0.1) is 0 Å². The smallest absolute Gasteiger partial charge is 0.222 e. The van der Waals surface area contributed by atoms with Gasteiger partial charge in [0.25, 0.3) is 0 Å². The fourth-order valence-corrected chi connectivity index (χ4v) is 4.77. The van der Waals surface area contributed by atoms with E-state index in [-0.39, 0.29) is 24.2 Å². The molecule has 2 aliphatic rings. The van der Waals surface area contributed by atoms with Crippen molar-refractivity contribution in [3.8, 4) is 5.75 Å². The van der Waals surface area contributed by atoms with E-state index in [1.54, 1.807) is 7.11 Å². The van der Waals surface area contributed by atoms with Crippen molar-refractivity contribution in [3.63, 3.8) is 0 Å². The number of carbonyl (C=O) groups is 1. The molecule has 2 heterocycles. The molecule has 4 atom stereocenters. The van der Waals surface area contributed by atoms with E-state index in [1.807, 2.05) is 42.5 Å². The van der Waals surface area contributed by atoms with Crippen molar-refractivity contribution in [1.29, 1.82) is 0 Å². The fourth-order valence-electron chi connectivity index (χ4n) is 4.77. The van der Waals surface area contributed by atoms with Crippen molar-refractivity contribution in [2.75, 3.05) is 26.9 Å². The van der Waals surface area contributed by atoms with Crippen LogP contribution in [0.1, 0.15) is 30.4 Å². The zero-order valence-electron chi connectivity index (χ0n) is 19.2. The number of nitrogens with one attached hydrogen (secondary N) is 1. The molecule has 2 saturated heterocycles. The maximum atomic E-state index is 12.6. The van der Waals surface area contributed by atoms with Gasteiger partial charge in [-0.25, -0.2) is 0 Å². The van der Waals surface area contributed by atoms with Crippen LogP contribution in [0.2, 0.25) is 0 Å². The summed E-state index contributed by atoms with van der Waals surface area (Å²) in [5.74, 6) is 0.731. The average molecular weight is 455 g/mol. The van der Waals surface area contributed by atoms with Gasteiger partial charge in [-0.2, -0.15) is 0 Å². The van der Waals surface area contributed by atoms with Gasteiger partial charge in [0.2, 0.25) is 5.91 Å². The number of β-amino-alcohol motifs (C(OH)–C–C–N with tert-alkyl or cyclic N) is 1. The second-order valence-corrected chi connectivity index (χ2v) is 8.84. The summed E-state index contributed by atoms with van der Waals surface area (Å²) in [6.07, 6.45) is 1.23. The molecule has 0 aromatic heterocycles. The van der Waals surface area contributed by atoms with Crippen molar-refractivity contribution in [2.24, 2.45) is 0 Å². The molecule has 2 fully saturated rings. The number of hydrogen-bond donors (Lipinski definition) is 2. The van der Waals surface area contributed by atoms with Crippen LogP contribution in [0.15, 0.2) is 54.6 Å². The molecule has 0 bridgehead atoms. The molecule has 0 aliphatic carbocycles. The Labute approximate surface area is 195 Å². The van der Waals surface area contributed by atoms with Gasteiger partial charge in [-0.1, -0.05) is 48.5 Å². The lowest BCUT2D eigenvalue weighted by atomic mass is 9.94. The van der Waals surface area contributed by atoms with Crippen LogP contribution in [0.4, 0.5) is 0 Å². The zero-order chi connectivity index (χ0) is 23.0. The van der Waals surface area contributed by atoms with E-state index in [9.17, 15) is 9.90 Å². The summed E-state index contributed by atoms with van der Waals surface area (Å²) >= 11 is 0. The van der Waals surface area contributed by atoms with Gasteiger partial charge in [0.05, 0.1) is 45.1 Å². The molecule has 7 nitrogen and oxygen atoms in total. The van der Waals surface area contributed by atoms with E-state index < -0.39 is 6.10 Å². The molecule has 2 aliphatic heterocycles. The molecule has 33 heavy (non-hydrogen) atoms. The van der Waals surface area contributed by atoms with Crippen molar-refractivity contribution in [2.45, 2.75) is 56.7 Å². The van der Waals surface area contributed by atoms with Gasteiger partial charge in [0.15, 0.2) is 0 Å². The third kappa shape index (κ3) is 6.54. The Kier molecular flexibility index (Phi) is 8.34. The van der Waals surface area contributed by atoms with Crippen LogP contribution in [-0.4, -0.2) is 67.1 Å². The van der Waals surface area contributed by atoms with E-state index in [1.165, 1.54) is 5.56 Å². The van der Waals surface area contributed by atoms with Gasteiger partial charge in [0.1, 0.15) is 5.75 Å². The number of ether oxygens (including phenoxy) is 3. The summed E-state index contributed by atoms with van der Waals surface area (Å²) in [5, 5.41) is 13.3. The monoisotopic (exact) mass is 454 g/mol. The number of aliphatic hydroxyl groups excluding tert-OH is 1. The van der Waals surface area contributed by atoms with Crippen molar-refractivity contribution >= 4 is 5.91 Å². The number of amides is 1. The Morgan fingerprint density at radius 1 is 1.12 bits per heavy atom. The summed E-state index contributed by atoms with van der Waals surface area (Å²) in [6, 6.07) is 18.1. The Balaban J connectivity index is 1.34. The summed E-state index contributed by atoms with van der Waals surface area (Å²) in [7, 11) is 1.63. The van der Waals surface area contributed by atoms with Crippen LogP contribution in [0.5, 0.6) is 5.75 Å². The number of methoxy groups -OCH3 is 1. The Bertz CT molecular complexity index is 893. The minimum absolute atomic E-state index is 0.0346. The molecule has 2 N–H and O–H groups in total. The van der Waals surface area contributed by atoms with Crippen LogP contribution in [0.3, 0.4) is 0 Å². The first-order valence-electron chi connectivity index (χ1n) is 11.7. The third-order valence-corrected chi connectivity index (χ3v) is 6.40. The lowest BCUT2D eigenvalue weighted by molar-refractivity contribution is -0.158. The first-order chi connectivity index (χ1) is 16.1. The Hall–Kier alpha value is -2.45. The average Bonchev–Trinajstić information content (AvgIpc) is 2.82. The predicted octanol–water partition coefficient (Wildman–Crippen LogP) is 2.51. The van der Waals surface area contributed by atoms with E-state index >= 15 is 0 Å². The molecule has 0 radical (unpaired) electrons. The van der Waals surface area contributed by atoms with Crippen LogP contribution in [0, 0.1) is 0 Å². The van der Waals surface area contributed by atoms with Crippen LogP contribution in [0.25, 0.3) is 0 Å². The highest BCUT2D eigenvalue weighted by atomic mass is 16.5. The van der Waals surface area contributed by atoms with Crippen molar-refractivity contribution < 1.29 is 24.1 Å². The second-order valence-electron chi connectivity index (χ2n) is 8.84. The first-order valence-corrected chi connectivity index (χ1v) is 11.7. The molecule has 0 spiro atoms. The molecule has 7 heteroatoms. The molecule has 4 rings (SSSR count). The standard InChI is InChI=1S/C26H34N2O5/c1-31-24-10-6-5-9-20(24)14-27-26(30)13-22-11-12-23-25(33-22)18-32-17-21(29)16-28(23)15-19-7-3-2-4-8-19/h2-10,21-23,25,29H,11-18H2,1H3,(H,27,30)/t21-,22-,23-,25+/m1/s1. The summed E-state index contributed by atoms with van der Waals surface area (Å²) < 4.78 is 17.4. The lowest BCUT2D eigenvalue weighted by Gasteiger charge is -2.44. The number of aliphatic hydroxyl groups is 1. The topological polar surface area (TPSA) is 80.3 Å². The Morgan fingerprint density at radius 2 is 1.91 bits per heavy atom. The highest BCUT2D eigenvalue weighted by Gasteiger charge is 2.38. The van der Waals surface area contributed by atoms with Crippen molar-refractivity contribution in [1.82, 2.24) is 10.2 Å². The van der Waals surface area contributed by atoms with Gasteiger partial charge in [-0.05, 0) is 24.5 Å².